The van der Waals surface area contributed by atoms with E-state index in [1.54, 1.807) is 32.1 Å². The molecule has 2 aromatic carbocycles. The molecule has 0 amide bonds. The lowest BCUT2D eigenvalue weighted by molar-refractivity contribution is -0.139. The van der Waals surface area contributed by atoms with E-state index in [1.165, 1.54) is 15.9 Å². The van der Waals surface area contributed by atoms with Crippen LogP contribution in [-0.4, -0.2) is 41.9 Å². The van der Waals surface area contributed by atoms with E-state index in [4.69, 9.17) is 9.47 Å². The molecule has 1 N–H and O–H groups in total. The van der Waals surface area contributed by atoms with Crippen molar-refractivity contribution in [1.29, 1.82) is 0 Å². The number of thiazole rings is 1. The predicted molar refractivity (Wildman–Crippen MR) is 150 cm³/mol. The first-order chi connectivity index (χ1) is 18.3. The van der Waals surface area contributed by atoms with Crippen LogP contribution in [0.5, 0.6) is 11.5 Å². The average molecular weight is 536 g/mol. The smallest absolute Gasteiger partial charge is 0.338 e. The fourth-order valence-corrected chi connectivity index (χ4v) is 5.64. The second-order valence-corrected chi connectivity index (χ2v) is 9.73. The number of rotatable bonds is 9. The van der Waals surface area contributed by atoms with Crippen LogP contribution in [0.4, 0.5) is 5.69 Å². The van der Waals surface area contributed by atoms with Crippen LogP contribution >= 0.6 is 11.3 Å². The first-order valence-electron chi connectivity index (χ1n) is 12.8. The number of aromatic nitrogens is 1. The Hall–Kier alpha value is -3.85. The van der Waals surface area contributed by atoms with E-state index in [0.29, 0.717) is 38.5 Å². The highest BCUT2D eigenvalue weighted by Crippen LogP contribution is 2.32. The van der Waals surface area contributed by atoms with Crippen LogP contribution in [0, 0.1) is 0 Å². The maximum Gasteiger partial charge on any atom is 0.338 e. The number of fused-ring (bicyclic) bond motifs is 1. The minimum Gasteiger partial charge on any atom is -0.507 e. The molecule has 8 nitrogen and oxygen atoms in total. The number of carbonyl (C=O) groups excluding carboxylic acids is 1. The zero-order chi connectivity index (χ0) is 27.4. The number of aromatic hydroxyl groups is 1. The zero-order valence-electron chi connectivity index (χ0n) is 22.4. The summed E-state index contributed by atoms with van der Waals surface area (Å²) >= 11 is 1.22. The average Bonchev–Trinajstić information content (AvgIpc) is 3.20. The Morgan fingerprint density at radius 2 is 1.82 bits per heavy atom. The summed E-state index contributed by atoms with van der Waals surface area (Å²) in [6, 6.07) is 12.1. The number of phenolic OH excluding ortho intramolecular Hbond substituents is 1. The number of carbonyl (C=O) groups is 1. The van der Waals surface area contributed by atoms with Crippen LogP contribution in [-0.2, 0) is 9.53 Å². The molecule has 1 aliphatic rings. The fraction of sp³-hybridized carbons (Fsp3) is 0.345. The Kier molecular flexibility index (Phi) is 8.36. The number of ether oxygens (including phenoxy) is 2. The van der Waals surface area contributed by atoms with Gasteiger partial charge in [0.1, 0.15) is 11.5 Å². The number of benzene rings is 2. The first kappa shape index (κ1) is 27.2. The van der Waals surface area contributed by atoms with Gasteiger partial charge in [0.25, 0.3) is 5.56 Å². The van der Waals surface area contributed by atoms with E-state index in [0.717, 1.165) is 24.3 Å². The topological polar surface area (TPSA) is 93.4 Å². The van der Waals surface area contributed by atoms with Crippen molar-refractivity contribution in [2.75, 3.05) is 31.2 Å². The van der Waals surface area contributed by atoms with Crippen molar-refractivity contribution in [2.45, 2.75) is 40.7 Å². The van der Waals surface area contributed by atoms with Crippen molar-refractivity contribution in [3.63, 3.8) is 0 Å². The van der Waals surface area contributed by atoms with E-state index >= 15 is 0 Å². The minimum atomic E-state index is -0.707. The molecule has 0 radical (unpaired) electrons. The number of anilines is 1. The van der Waals surface area contributed by atoms with Gasteiger partial charge in [-0.1, -0.05) is 23.5 Å². The van der Waals surface area contributed by atoms with Crippen LogP contribution in [0.3, 0.4) is 0 Å². The molecular weight excluding hydrogens is 502 g/mol. The van der Waals surface area contributed by atoms with Crippen LogP contribution in [0.25, 0.3) is 6.08 Å². The summed E-state index contributed by atoms with van der Waals surface area (Å²) in [4.78, 5) is 34.0. The van der Waals surface area contributed by atoms with Gasteiger partial charge in [-0.05, 0) is 70.5 Å². The predicted octanol–water partition coefficient (Wildman–Crippen LogP) is 3.75. The van der Waals surface area contributed by atoms with E-state index < -0.39 is 12.0 Å². The molecule has 1 aromatic heterocycles. The second kappa shape index (κ2) is 11.7. The number of esters is 1. The van der Waals surface area contributed by atoms with E-state index in [-0.39, 0.29) is 17.9 Å². The lowest BCUT2D eigenvalue weighted by Crippen LogP contribution is -2.39. The van der Waals surface area contributed by atoms with E-state index in [1.807, 2.05) is 37.3 Å². The molecule has 0 saturated carbocycles. The van der Waals surface area contributed by atoms with Crippen molar-refractivity contribution in [1.82, 2.24) is 4.57 Å². The Morgan fingerprint density at radius 1 is 1.11 bits per heavy atom. The van der Waals surface area contributed by atoms with Gasteiger partial charge in [-0.25, -0.2) is 9.79 Å². The molecule has 9 heteroatoms. The summed E-state index contributed by atoms with van der Waals surface area (Å²) in [5.41, 5.74) is 2.71. The summed E-state index contributed by atoms with van der Waals surface area (Å²) in [6.07, 6.45) is 1.67. The third kappa shape index (κ3) is 5.24. The fourth-order valence-electron chi connectivity index (χ4n) is 4.60. The monoisotopic (exact) mass is 535 g/mol. The molecule has 0 saturated heterocycles. The molecule has 2 heterocycles. The first-order valence-corrected chi connectivity index (χ1v) is 13.6. The van der Waals surface area contributed by atoms with Crippen molar-refractivity contribution >= 4 is 29.1 Å². The number of nitrogens with zero attached hydrogens (tertiary/aromatic N) is 3. The molecule has 200 valence electrons. The Labute approximate surface area is 225 Å². The number of allylic oxidation sites excluding steroid dienone is 1. The SMILES string of the molecule is CCOC(=O)C1=C(C)N=c2s/c(=C\c3ccc(N(CC)CC)cc3O)c(=O)n2[C@H]1c1ccc(OCC)cc1. The van der Waals surface area contributed by atoms with Crippen LogP contribution in [0.1, 0.15) is 51.8 Å². The van der Waals surface area contributed by atoms with Gasteiger partial charge >= 0.3 is 5.97 Å². The van der Waals surface area contributed by atoms with E-state index in [2.05, 4.69) is 23.7 Å². The lowest BCUT2D eigenvalue weighted by atomic mass is 9.96. The molecule has 0 bridgehead atoms. The van der Waals surface area contributed by atoms with Gasteiger partial charge in [-0.2, -0.15) is 0 Å². The number of hydrogen-bond donors (Lipinski definition) is 1. The molecule has 1 aliphatic heterocycles. The van der Waals surface area contributed by atoms with Gasteiger partial charge in [-0.15, -0.1) is 0 Å². The minimum absolute atomic E-state index is 0.0895. The standard InChI is InChI=1S/C29H33N3O5S/c1-6-31(7-2)21-13-10-20(23(33)17-21)16-24-27(34)32-26(19-11-14-22(15-12-19)36-8-3)25(28(35)37-9-4)18(5)30-29(32)38-24/h10-17,26,33H,6-9H2,1-5H3/b24-16-/t26-/m0/s1. The third-order valence-corrected chi connectivity index (χ3v) is 7.44. The van der Waals surface area contributed by atoms with Crippen molar-refractivity contribution in [3.8, 4) is 11.5 Å². The van der Waals surface area contributed by atoms with Gasteiger partial charge in [0, 0.05) is 30.4 Å². The Balaban J connectivity index is 1.86. The van der Waals surface area contributed by atoms with Crippen LogP contribution in [0.15, 0.2) is 63.5 Å². The summed E-state index contributed by atoms with van der Waals surface area (Å²) in [5.74, 6) is 0.281. The van der Waals surface area contributed by atoms with Crippen LogP contribution < -0.4 is 24.5 Å². The van der Waals surface area contributed by atoms with Crippen LogP contribution in [0.2, 0.25) is 0 Å². The molecule has 3 aromatic rings. The second-order valence-electron chi connectivity index (χ2n) is 8.72. The van der Waals surface area contributed by atoms with Crippen molar-refractivity contribution in [3.05, 3.63) is 84.5 Å². The largest absolute Gasteiger partial charge is 0.507 e. The summed E-state index contributed by atoms with van der Waals surface area (Å²) in [5, 5.41) is 10.7. The quantitative estimate of drug-likeness (QED) is 0.420. The molecule has 0 fully saturated rings. The molecule has 1 atom stereocenters. The van der Waals surface area contributed by atoms with Gasteiger partial charge in [0.15, 0.2) is 4.80 Å². The highest BCUT2D eigenvalue weighted by molar-refractivity contribution is 7.07. The van der Waals surface area contributed by atoms with E-state index in [9.17, 15) is 14.7 Å². The van der Waals surface area contributed by atoms with Gasteiger partial charge in [0.2, 0.25) is 0 Å². The lowest BCUT2D eigenvalue weighted by Gasteiger charge is -2.24. The summed E-state index contributed by atoms with van der Waals surface area (Å²) < 4.78 is 12.9. The number of phenols is 1. The zero-order valence-corrected chi connectivity index (χ0v) is 23.2. The van der Waals surface area contributed by atoms with Crippen molar-refractivity contribution in [2.24, 2.45) is 4.99 Å². The highest BCUT2D eigenvalue weighted by atomic mass is 32.1. The highest BCUT2D eigenvalue weighted by Gasteiger charge is 2.33. The Morgan fingerprint density at radius 3 is 2.42 bits per heavy atom. The molecular formula is C29H33N3O5S. The maximum absolute atomic E-state index is 13.8. The van der Waals surface area contributed by atoms with Gasteiger partial charge in [0.05, 0.1) is 35.1 Å². The van der Waals surface area contributed by atoms with Gasteiger partial charge < -0.3 is 19.5 Å². The molecule has 0 aliphatic carbocycles. The normalized spacial score (nSPS) is 15.2. The summed E-state index contributed by atoms with van der Waals surface area (Å²) in [6.45, 7) is 11.9. The molecule has 38 heavy (non-hydrogen) atoms. The van der Waals surface area contributed by atoms with Crippen molar-refractivity contribution < 1.29 is 19.4 Å². The summed E-state index contributed by atoms with van der Waals surface area (Å²) in [7, 11) is 0. The number of hydrogen-bond acceptors (Lipinski definition) is 8. The molecule has 0 spiro atoms. The Bertz CT molecular complexity index is 1530. The maximum atomic E-state index is 13.8. The molecule has 0 unspecified atom stereocenters. The third-order valence-electron chi connectivity index (χ3n) is 6.45. The molecule has 4 rings (SSSR count). The van der Waals surface area contributed by atoms with Gasteiger partial charge in [-0.3, -0.25) is 9.36 Å².